The lowest BCUT2D eigenvalue weighted by molar-refractivity contribution is -0.116. The highest BCUT2D eigenvalue weighted by Gasteiger charge is 2.44. The van der Waals surface area contributed by atoms with Crippen LogP contribution in [0.25, 0.3) is 0 Å². The fourth-order valence-corrected chi connectivity index (χ4v) is 3.88. The highest BCUT2D eigenvalue weighted by atomic mass is 16.1. The van der Waals surface area contributed by atoms with Gasteiger partial charge in [-0.25, -0.2) is 0 Å². The van der Waals surface area contributed by atoms with Crippen LogP contribution in [-0.2, 0) is 4.79 Å². The summed E-state index contributed by atoms with van der Waals surface area (Å²) in [6.07, 6.45) is 8.86. The lowest BCUT2D eigenvalue weighted by atomic mass is 9.56. The van der Waals surface area contributed by atoms with E-state index in [1.165, 1.54) is 24.8 Å². The molecule has 0 saturated heterocycles. The third-order valence-corrected chi connectivity index (χ3v) is 4.93. The van der Waals surface area contributed by atoms with Crippen LogP contribution in [0.1, 0.15) is 59.3 Å². The molecule has 1 heteroatoms. The number of carbonyl (C=O) groups is 1. The van der Waals surface area contributed by atoms with Gasteiger partial charge in [0.2, 0.25) is 0 Å². The fourth-order valence-electron chi connectivity index (χ4n) is 3.88. The molecule has 3 unspecified atom stereocenters. The molecule has 1 saturated carbocycles. The highest BCUT2D eigenvalue weighted by Crippen LogP contribution is 2.53. The predicted octanol–water partition coefficient (Wildman–Crippen LogP) is 4.13. The Balaban J connectivity index is 2.30. The van der Waals surface area contributed by atoms with Crippen LogP contribution in [0, 0.1) is 17.3 Å². The molecule has 0 aromatic rings. The van der Waals surface area contributed by atoms with Crippen LogP contribution < -0.4 is 0 Å². The number of ketones is 1. The van der Waals surface area contributed by atoms with E-state index in [9.17, 15) is 4.79 Å². The molecule has 0 amide bonds. The van der Waals surface area contributed by atoms with E-state index in [-0.39, 0.29) is 0 Å². The smallest absolute Gasteiger partial charge is 0.155 e. The van der Waals surface area contributed by atoms with Crippen LogP contribution in [-0.4, -0.2) is 5.78 Å². The molecule has 0 bridgehead atoms. The quantitative estimate of drug-likeness (QED) is 0.684. The summed E-state index contributed by atoms with van der Waals surface area (Å²) in [5, 5.41) is 0. The van der Waals surface area contributed by atoms with Crippen molar-refractivity contribution in [1.29, 1.82) is 0 Å². The lowest BCUT2D eigenvalue weighted by Crippen LogP contribution is -2.40. The van der Waals surface area contributed by atoms with Gasteiger partial charge in [0, 0.05) is 6.42 Å². The Morgan fingerprint density at radius 2 is 2.19 bits per heavy atom. The third-order valence-electron chi connectivity index (χ3n) is 4.93. The Hall–Kier alpha value is -0.590. The Bertz CT molecular complexity index is 315. The average molecular weight is 220 g/mol. The molecule has 0 heterocycles. The Kier molecular flexibility index (Phi) is 3.23. The molecular formula is C15H24O. The molecule has 1 nitrogen and oxygen atoms in total. The summed E-state index contributed by atoms with van der Waals surface area (Å²) < 4.78 is 0. The van der Waals surface area contributed by atoms with Crippen LogP contribution in [0.15, 0.2) is 11.6 Å². The van der Waals surface area contributed by atoms with E-state index in [1.807, 2.05) is 6.08 Å². The molecule has 0 spiro atoms. The number of hydrogen-bond acceptors (Lipinski definition) is 1. The van der Waals surface area contributed by atoms with Gasteiger partial charge in [-0.2, -0.15) is 0 Å². The molecule has 0 radical (unpaired) electrons. The third kappa shape index (κ3) is 1.85. The summed E-state index contributed by atoms with van der Waals surface area (Å²) in [5.41, 5.74) is 1.79. The summed E-state index contributed by atoms with van der Waals surface area (Å²) >= 11 is 0. The molecule has 0 aliphatic heterocycles. The van der Waals surface area contributed by atoms with E-state index in [4.69, 9.17) is 0 Å². The zero-order valence-corrected chi connectivity index (χ0v) is 10.9. The second-order valence-corrected chi connectivity index (χ2v) is 5.96. The van der Waals surface area contributed by atoms with E-state index in [2.05, 4.69) is 20.8 Å². The largest absolute Gasteiger partial charge is 0.295 e. The van der Waals surface area contributed by atoms with E-state index in [0.717, 1.165) is 31.1 Å². The van der Waals surface area contributed by atoms with Crippen molar-refractivity contribution in [1.82, 2.24) is 0 Å². The zero-order chi connectivity index (χ0) is 11.8. The van der Waals surface area contributed by atoms with Crippen molar-refractivity contribution in [3.63, 3.8) is 0 Å². The van der Waals surface area contributed by atoms with Crippen LogP contribution in [0.5, 0.6) is 0 Å². The summed E-state index contributed by atoms with van der Waals surface area (Å²) in [4.78, 5) is 11.5. The molecule has 2 aliphatic rings. The van der Waals surface area contributed by atoms with Crippen molar-refractivity contribution in [2.24, 2.45) is 17.3 Å². The van der Waals surface area contributed by atoms with Gasteiger partial charge in [-0.05, 0) is 49.0 Å². The van der Waals surface area contributed by atoms with Crippen LogP contribution >= 0.6 is 0 Å². The molecule has 16 heavy (non-hydrogen) atoms. The maximum atomic E-state index is 11.5. The normalized spacial score (nSPS) is 39.2. The molecule has 2 rings (SSSR count). The standard InChI is InChI=1S/C15H24O/c1-4-5-14-11(2)6-7-12-10-13(16)8-9-15(12,14)3/h10-11,14H,4-9H2,1-3H3. The molecular weight excluding hydrogens is 196 g/mol. The van der Waals surface area contributed by atoms with Crippen molar-refractivity contribution < 1.29 is 4.79 Å². The molecule has 90 valence electrons. The first-order valence-corrected chi connectivity index (χ1v) is 6.82. The molecule has 1 fully saturated rings. The predicted molar refractivity (Wildman–Crippen MR) is 67.2 cm³/mol. The maximum Gasteiger partial charge on any atom is 0.155 e. The first kappa shape index (κ1) is 11.9. The van der Waals surface area contributed by atoms with Crippen molar-refractivity contribution >= 4 is 5.78 Å². The van der Waals surface area contributed by atoms with Gasteiger partial charge in [0.25, 0.3) is 0 Å². The van der Waals surface area contributed by atoms with Crippen molar-refractivity contribution in [3.05, 3.63) is 11.6 Å². The Morgan fingerprint density at radius 1 is 1.44 bits per heavy atom. The molecule has 0 N–H and O–H groups in total. The van der Waals surface area contributed by atoms with Crippen LogP contribution in [0.4, 0.5) is 0 Å². The average Bonchev–Trinajstić information content (AvgIpc) is 2.25. The van der Waals surface area contributed by atoms with E-state index >= 15 is 0 Å². The van der Waals surface area contributed by atoms with Gasteiger partial charge in [-0.1, -0.05) is 32.8 Å². The molecule has 0 aromatic carbocycles. The van der Waals surface area contributed by atoms with Crippen LogP contribution in [0.3, 0.4) is 0 Å². The van der Waals surface area contributed by atoms with Crippen molar-refractivity contribution in [3.8, 4) is 0 Å². The number of allylic oxidation sites excluding steroid dienone is 2. The first-order valence-electron chi connectivity index (χ1n) is 6.82. The van der Waals surface area contributed by atoms with Gasteiger partial charge in [0.05, 0.1) is 0 Å². The minimum Gasteiger partial charge on any atom is -0.295 e. The van der Waals surface area contributed by atoms with Gasteiger partial charge < -0.3 is 0 Å². The number of hydrogen-bond donors (Lipinski definition) is 0. The van der Waals surface area contributed by atoms with Gasteiger partial charge in [-0.15, -0.1) is 0 Å². The summed E-state index contributed by atoms with van der Waals surface area (Å²) in [7, 11) is 0. The minimum atomic E-state index is 0.335. The Labute approximate surface area is 99.3 Å². The fraction of sp³-hybridized carbons (Fsp3) is 0.800. The van der Waals surface area contributed by atoms with Gasteiger partial charge in [0.1, 0.15) is 0 Å². The second kappa shape index (κ2) is 4.35. The zero-order valence-electron chi connectivity index (χ0n) is 10.9. The van der Waals surface area contributed by atoms with Gasteiger partial charge >= 0.3 is 0 Å². The maximum absolute atomic E-state index is 11.5. The van der Waals surface area contributed by atoms with Crippen molar-refractivity contribution in [2.75, 3.05) is 0 Å². The molecule has 2 aliphatic carbocycles. The minimum absolute atomic E-state index is 0.335. The first-order chi connectivity index (χ1) is 7.58. The monoisotopic (exact) mass is 220 g/mol. The summed E-state index contributed by atoms with van der Waals surface area (Å²) in [6, 6.07) is 0. The second-order valence-electron chi connectivity index (χ2n) is 5.96. The summed E-state index contributed by atoms with van der Waals surface area (Å²) in [5.74, 6) is 1.98. The van der Waals surface area contributed by atoms with Gasteiger partial charge in [0.15, 0.2) is 5.78 Å². The number of carbonyl (C=O) groups excluding carboxylic acids is 1. The van der Waals surface area contributed by atoms with E-state index in [1.54, 1.807) is 0 Å². The summed E-state index contributed by atoms with van der Waals surface area (Å²) in [6.45, 7) is 7.09. The van der Waals surface area contributed by atoms with E-state index < -0.39 is 0 Å². The van der Waals surface area contributed by atoms with Crippen molar-refractivity contribution in [2.45, 2.75) is 59.3 Å². The highest BCUT2D eigenvalue weighted by molar-refractivity contribution is 5.91. The van der Waals surface area contributed by atoms with Crippen LogP contribution in [0.2, 0.25) is 0 Å². The lowest BCUT2D eigenvalue weighted by Gasteiger charge is -2.49. The number of rotatable bonds is 2. The molecule has 0 aromatic heterocycles. The van der Waals surface area contributed by atoms with Gasteiger partial charge in [-0.3, -0.25) is 4.79 Å². The van der Waals surface area contributed by atoms with E-state index in [0.29, 0.717) is 11.2 Å². The Morgan fingerprint density at radius 3 is 2.88 bits per heavy atom. The number of fused-ring (bicyclic) bond motifs is 1. The molecule has 3 atom stereocenters. The SMILES string of the molecule is CCCC1C(C)CCC2=CC(=O)CCC21C. The topological polar surface area (TPSA) is 17.1 Å².